The molecule has 0 aliphatic carbocycles. The molecule has 0 bridgehead atoms. The molecule has 0 saturated carbocycles. The zero-order valence-corrected chi connectivity index (χ0v) is 14.0. The molecule has 4 nitrogen and oxygen atoms in total. The molecule has 1 amide bonds. The lowest BCUT2D eigenvalue weighted by atomic mass is 10.2. The van der Waals surface area contributed by atoms with Crippen molar-refractivity contribution in [1.29, 1.82) is 0 Å². The van der Waals surface area contributed by atoms with Gasteiger partial charge in [-0.05, 0) is 60.1 Å². The molecule has 1 heterocycles. The van der Waals surface area contributed by atoms with Gasteiger partial charge in [-0.1, -0.05) is 0 Å². The first-order chi connectivity index (χ1) is 10.0. The number of benzene rings is 1. The molecule has 2 aromatic rings. The van der Waals surface area contributed by atoms with Gasteiger partial charge in [-0.15, -0.1) is 11.3 Å². The maximum atomic E-state index is 12.1. The van der Waals surface area contributed by atoms with Crippen molar-refractivity contribution in [2.45, 2.75) is 13.8 Å². The van der Waals surface area contributed by atoms with Gasteiger partial charge in [-0.3, -0.25) is 4.79 Å². The molecular weight excluding hydrogens is 354 g/mol. The Labute approximate surface area is 135 Å². The third-order valence-electron chi connectivity index (χ3n) is 2.69. The molecule has 21 heavy (non-hydrogen) atoms. The summed E-state index contributed by atoms with van der Waals surface area (Å²) in [6, 6.07) is 8.62. The average molecular weight is 368 g/mol. The highest BCUT2D eigenvalue weighted by Gasteiger charge is 2.13. The van der Waals surface area contributed by atoms with Crippen LogP contribution in [0.25, 0.3) is 0 Å². The van der Waals surface area contributed by atoms with Crippen LogP contribution in [0.1, 0.15) is 31.8 Å². The van der Waals surface area contributed by atoms with Gasteiger partial charge in [0.2, 0.25) is 0 Å². The Bertz CT molecular complexity index is 681. The van der Waals surface area contributed by atoms with E-state index in [0.29, 0.717) is 27.2 Å². The van der Waals surface area contributed by atoms with Gasteiger partial charge < -0.3 is 10.1 Å². The number of esters is 1. The van der Waals surface area contributed by atoms with Gasteiger partial charge in [0.05, 0.1) is 22.7 Å². The standard InChI is InChI=1S/C15H14BrNO3S/c1-3-20-15(19)10-5-6-12(11(16)8-10)17-14(18)13-7-4-9(2)21-13/h4-8H,3H2,1-2H3,(H,17,18). The van der Waals surface area contributed by atoms with Crippen LogP contribution in [0.2, 0.25) is 0 Å². The maximum absolute atomic E-state index is 12.1. The van der Waals surface area contributed by atoms with E-state index in [4.69, 9.17) is 4.74 Å². The van der Waals surface area contributed by atoms with Crippen molar-refractivity contribution in [2.75, 3.05) is 11.9 Å². The van der Waals surface area contributed by atoms with Gasteiger partial charge in [0.15, 0.2) is 0 Å². The quantitative estimate of drug-likeness (QED) is 0.821. The minimum atomic E-state index is -0.384. The highest BCUT2D eigenvalue weighted by Crippen LogP contribution is 2.25. The molecule has 0 aliphatic heterocycles. The summed E-state index contributed by atoms with van der Waals surface area (Å²) >= 11 is 4.79. The van der Waals surface area contributed by atoms with E-state index < -0.39 is 0 Å². The zero-order chi connectivity index (χ0) is 15.4. The summed E-state index contributed by atoms with van der Waals surface area (Å²) in [5.41, 5.74) is 1.05. The molecule has 0 saturated heterocycles. The number of amides is 1. The van der Waals surface area contributed by atoms with E-state index in [2.05, 4.69) is 21.2 Å². The number of thiophene rings is 1. The highest BCUT2D eigenvalue weighted by molar-refractivity contribution is 9.10. The van der Waals surface area contributed by atoms with E-state index in [1.54, 1.807) is 31.2 Å². The second-order valence-electron chi connectivity index (χ2n) is 4.28. The average Bonchev–Trinajstić information content (AvgIpc) is 2.88. The number of ether oxygens (including phenoxy) is 1. The number of hydrogen-bond donors (Lipinski definition) is 1. The van der Waals surface area contributed by atoms with Crippen LogP contribution < -0.4 is 5.32 Å². The Balaban J connectivity index is 2.14. The lowest BCUT2D eigenvalue weighted by molar-refractivity contribution is 0.0526. The molecule has 1 aromatic carbocycles. The molecule has 0 spiro atoms. The molecule has 0 radical (unpaired) electrons. The fraction of sp³-hybridized carbons (Fsp3) is 0.200. The van der Waals surface area contributed by atoms with Crippen LogP contribution in [0.15, 0.2) is 34.8 Å². The van der Waals surface area contributed by atoms with Gasteiger partial charge in [0, 0.05) is 9.35 Å². The van der Waals surface area contributed by atoms with E-state index in [0.717, 1.165) is 4.88 Å². The van der Waals surface area contributed by atoms with Crippen molar-refractivity contribution < 1.29 is 14.3 Å². The van der Waals surface area contributed by atoms with Crippen LogP contribution >= 0.6 is 27.3 Å². The Kier molecular flexibility index (Phi) is 5.14. The molecule has 0 atom stereocenters. The molecule has 0 aliphatic rings. The number of anilines is 1. The largest absolute Gasteiger partial charge is 0.462 e. The van der Waals surface area contributed by atoms with E-state index in [9.17, 15) is 9.59 Å². The molecule has 1 aromatic heterocycles. The normalized spacial score (nSPS) is 10.2. The predicted molar refractivity (Wildman–Crippen MR) is 87.1 cm³/mol. The first-order valence-electron chi connectivity index (χ1n) is 6.35. The Hall–Kier alpha value is -1.66. The van der Waals surface area contributed by atoms with Gasteiger partial charge in [0.1, 0.15) is 0 Å². The molecule has 0 unspecified atom stereocenters. The van der Waals surface area contributed by atoms with Gasteiger partial charge in [-0.25, -0.2) is 4.79 Å². The second-order valence-corrected chi connectivity index (χ2v) is 6.42. The van der Waals surface area contributed by atoms with Crippen LogP contribution in [-0.4, -0.2) is 18.5 Å². The highest BCUT2D eigenvalue weighted by atomic mass is 79.9. The van der Waals surface area contributed by atoms with Crippen LogP contribution in [0.4, 0.5) is 5.69 Å². The summed E-state index contributed by atoms with van der Waals surface area (Å²) in [7, 11) is 0. The second kappa shape index (κ2) is 6.87. The predicted octanol–water partition coefficient (Wildman–Crippen LogP) is 4.25. The minimum absolute atomic E-state index is 0.169. The van der Waals surface area contributed by atoms with Crippen molar-refractivity contribution in [3.63, 3.8) is 0 Å². The summed E-state index contributed by atoms with van der Waals surface area (Å²) in [6.07, 6.45) is 0. The smallest absolute Gasteiger partial charge is 0.338 e. The topological polar surface area (TPSA) is 55.4 Å². The van der Waals surface area contributed by atoms with Crippen molar-refractivity contribution in [3.05, 3.63) is 50.1 Å². The number of carbonyl (C=O) groups excluding carboxylic acids is 2. The van der Waals surface area contributed by atoms with Crippen molar-refractivity contribution in [3.8, 4) is 0 Å². The van der Waals surface area contributed by atoms with Gasteiger partial charge >= 0.3 is 5.97 Å². The van der Waals surface area contributed by atoms with Crippen molar-refractivity contribution >= 4 is 44.8 Å². The van der Waals surface area contributed by atoms with E-state index in [1.165, 1.54) is 11.3 Å². The van der Waals surface area contributed by atoms with E-state index in [-0.39, 0.29) is 11.9 Å². The lowest BCUT2D eigenvalue weighted by Crippen LogP contribution is -2.11. The Morgan fingerprint density at radius 2 is 2.05 bits per heavy atom. The number of carbonyl (C=O) groups is 2. The summed E-state index contributed by atoms with van der Waals surface area (Å²) in [6.45, 7) is 4.03. The molecule has 0 fully saturated rings. The van der Waals surface area contributed by atoms with Crippen molar-refractivity contribution in [1.82, 2.24) is 0 Å². The number of nitrogens with one attached hydrogen (secondary N) is 1. The van der Waals surface area contributed by atoms with E-state index >= 15 is 0 Å². The van der Waals surface area contributed by atoms with Crippen molar-refractivity contribution in [2.24, 2.45) is 0 Å². The van der Waals surface area contributed by atoms with Gasteiger partial charge in [-0.2, -0.15) is 0 Å². The number of rotatable bonds is 4. The molecule has 2 rings (SSSR count). The third kappa shape index (κ3) is 3.92. The summed E-state index contributed by atoms with van der Waals surface area (Å²) < 4.78 is 5.56. The fourth-order valence-corrected chi connectivity index (χ4v) is 2.94. The molecule has 110 valence electrons. The number of hydrogen-bond acceptors (Lipinski definition) is 4. The van der Waals surface area contributed by atoms with Crippen LogP contribution in [0, 0.1) is 6.92 Å². The molecule has 6 heteroatoms. The number of halogens is 1. The van der Waals surface area contributed by atoms with Crippen LogP contribution in [-0.2, 0) is 4.74 Å². The Morgan fingerprint density at radius 3 is 2.62 bits per heavy atom. The maximum Gasteiger partial charge on any atom is 0.338 e. The summed E-state index contributed by atoms with van der Waals surface area (Å²) in [5.74, 6) is -0.553. The van der Waals surface area contributed by atoms with Gasteiger partial charge in [0.25, 0.3) is 5.91 Å². The first-order valence-corrected chi connectivity index (χ1v) is 7.96. The fourth-order valence-electron chi connectivity index (χ4n) is 1.70. The number of aryl methyl sites for hydroxylation is 1. The minimum Gasteiger partial charge on any atom is -0.462 e. The van der Waals surface area contributed by atoms with E-state index in [1.807, 2.05) is 13.0 Å². The monoisotopic (exact) mass is 367 g/mol. The summed E-state index contributed by atoms with van der Waals surface area (Å²) in [5, 5.41) is 2.81. The third-order valence-corrected chi connectivity index (χ3v) is 4.35. The van der Waals surface area contributed by atoms with Crippen LogP contribution in [0.5, 0.6) is 0 Å². The lowest BCUT2D eigenvalue weighted by Gasteiger charge is -2.08. The molecule has 1 N–H and O–H groups in total. The zero-order valence-electron chi connectivity index (χ0n) is 11.6. The van der Waals surface area contributed by atoms with Crippen LogP contribution in [0.3, 0.4) is 0 Å². The summed E-state index contributed by atoms with van der Waals surface area (Å²) in [4.78, 5) is 25.4. The molecular formula is C15H14BrNO3S. The SMILES string of the molecule is CCOC(=O)c1ccc(NC(=O)c2ccc(C)s2)c(Br)c1. The first kappa shape index (κ1) is 15.7. The Morgan fingerprint density at radius 1 is 1.29 bits per heavy atom.